The summed E-state index contributed by atoms with van der Waals surface area (Å²) in [6.45, 7) is 1.96. The Hall–Kier alpha value is -0.970. The lowest BCUT2D eigenvalue weighted by molar-refractivity contribution is -0.0630. The predicted octanol–water partition coefficient (Wildman–Crippen LogP) is 1.59. The maximum atomic E-state index is 10.5. The molecular weight excluding hydrogens is 240 g/mol. The Labute approximate surface area is 114 Å². The van der Waals surface area contributed by atoms with Gasteiger partial charge in [-0.15, -0.1) is 0 Å². The van der Waals surface area contributed by atoms with E-state index >= 15 is 0 Å². The van der Waals surface area contributed by atoms with Gasteiger partial charge in [-0.1, -0.05) is 6.07 Å². The molecule has 4 heteroatoms. The Kier molecular flexibility index (Phi) is 3.82. The number of nitrogens with one attached hydrogen (secondary N) is 1. The van der Waals surface area contributed by atoms with Crippen LogP contribution in [0, 0.1) is 0 Å². The molecule has 2 N–H and O–H groups in total. The molecular formula is C15H22N2O2. The lowest BCUT2D eigenvalue weighted by atomic mass is 9.90. The van der Waals surface area contributed by atoms with E-state index in [0.717, 1.165) is 25.7 Å². The first kappa shape index (κ1) is 13.0. The maximum absolute atomic E-state index is 10.5. The first-order chi connectivity index (χ1) is 9.27. The molecule has 0 bridgehead atoms. The van der Waals surface area contributed by atoms with Crippen LogP contribution in [0.4, 0.5) is 0 Å². The molecule has 1 aromatic rings. The molecule has 0 amide bonds. The largest absolute Gasteiger partial charge is 0.388 e. The van der Waals surface area contributed by atoms with E-state index in [4.69, 9.17) is 4.74 Å². The van der Waals surface area contributed by atoms with Crippen LogP contribution in [0.2, 0.25) is 0 Å². The van der Waals surface area contributed by atoms with Gasteiger partial charge in [0.1, 0.15) is 0 Å². The number of aryl methyl sites for hydroxylation is 1. The Bertz CT molecular complexity index is 430. The molecule has 0 spiro atoms. The standard InChI is InChI=1S/C15H22N2O2/c18-15(6-9-19-10-7-15)11-17-13-5-1-3-12-4-2-8-16-14(12)13/h2,4,8,13,17-18H,1,3,5-7,9-11H2. The second-order valence-electron chi connectivity index (χ2n) is 5.71. The monoisotopic (exact) mass is 262 g/mol. The average Bonchev–Trinajstić information content (AvgIpc) is 2.46. The van der Waals surface area contributed by atoms with Gasteiger partial charge in [-0.05, 0) is 30.9 Å². The van der Waals surface area contributed by atoms with Crippen molar-refractivity contribution in [2.45, 2.75) is 43.7 Å². The number of aromatic nitrogens is 1. The van der Waals surface area contributed by atoms with Crippen LogP contribution in [-0.2, 0) is 11.2 Å². The molecule has 1 aliphatic carbocycles. The zero-order valence-corrected chi connectivity index (χ0v) is 11.3. The summed E-state index contributed by atoms with van der Waals surface area (Å²) in [5, 5.41) is 14.0. The minimum absolute atomic E-state index is 0.289. The normalized spacial score (nSPS) is 25.8. The van der Waals surface area contributed by atoms with Crippen molar-refractivity contribution >= 4 is 0 Å². The number of rotatable bonds is 3. The van der Waals surface area contributed by atoms with Crippen LogP contribution in [0.5, 0.6) is 0 Å². The fourth-order valence-corrected chi connectivity index (χ4v) is 3.05. The van der Waals surface area contributed by atoms with Gasteiger partial charge in [0.15, 0.2) is 0 Å². The highest BCUT2D eigenvalue weighted by atomic mass is 16.5. The summed E-state index contributed by atoms with van der Waals surface area (Å²) in [5.74, 6) is 0. The number of hydrogen-bond acceptors (Lipinski definition) is 4. The van der Waals surface area contributed by atoms with Crippen LogP contribution in [-0.4, -0.2) is 35.5 Å². The van der Waals surface area contributed by atoms with Crippen LogP contribution in [0.15, 0.2) is 18.3 Å². The lowest BCUT2D eigenvalue weighted by Crippen LogP contribution is -2.46. The van der Waals surface area contributed by atoms with Crippen LogP contribution in [0.1, 0.15) is 43.0 Å². The van der Waals surface area contributed by atoms with Gasteiger partial charge in [-0.25, -0.2) is 0 Å². The molecule has 3 rings (SSSR count). The van der Waals surface area contributed by atoms with Crippen LogP contribution in [0.3, 0.4) is 0 Å². The van der Waals surface area contributed by atoms with E-state index in [2.05, 4.69) is 16.4 Å². The van der Waals surface area contributed by atoms with Gasteiger partial charge in [0, 0.05) is 44.8 Å². The van der Waals surface area contributed by atoms with E-state index < -0.39 is 5.60 Å². The summed E-state index contributed by atoms with van der Waals surface area (Å²) in [5.41, 5.74) is 1.92. The summed E-state index contributed by atoms with van der Waals surface area (Å²) in [7, 11) is 0. The molecule has 1 unspecified atom stereocenters. The Morgan fingerprint density at radius 2 is 2.26 bits per heavy atom. The highest BCUT2D eigenvalue weighted by Gasteiger charge is 2.31. The van der Waals surface area contributed by atoms with Gasteiger partial charge >= 0.3 is 0 Å². The smallest absolute Gasteiger partial charge is 0.0815 e. The van der Waals surface area contributed by atoms with Crippen LogP contribution < -0.4 is 5.32 Å². The molecule has 19 heavy (non-hydrogen) atoms. The van der Waals surface area contributed by atoms with Crippen molar-refractivity contribution in [3.05, 3.63) is 29.6 Å². The topological polar surface area (TPSA) is 54.4 Å². The van der Waals surface area contributed by atoms with Gasteiger partial charge < -0.3 is 15.2 Å². The third-order valence-corrected chi connectivity index (χ3v) is 4.30. The van der Waals surface area contributed by atoms with Crippen molar-refractivity contribution in [3.63, 3.8) is 0 Å². The molecule has 104 valence electrons. The van der Waals surface area contributed by atoms with E-state index in [-0.39, 0.29) is 6.04 Å². The van der Waals surface area contributed by atoms with Crippen LogP contribution in [0.25, 0.3) is 0 Å². The Morgan fingerprint density at radius 1 is 1.42 bits per heavy atom. The van der Waals surface area contributed by atoms with Gasteiger partial charge in [0.05, 0.1) is 11.3 Å². The van der Waals surface area contributed by atoms with Crippen molar-refractivity contribution in [3.8, 4) is 0 Å². The lowest BCUT2D eigenvalue weighted by Gasteiger charge is -2.34. The molecule has 1 aromatic heterocycles. The summed E-state index contributed by atoms with van der Waals surface area (Å²) < 4.78 is 5.31. The molecule has 0 saturated carbocycles. The molecule has 2 heterocycles. The van der Waals surface area contributed by atoms with Gasteiger partial charge in [-0.3, -0.25) is 4.98 Å². The van der Waals surface area contributed by atoms with Crippen molar-refractivity contribution in [1.82, 2.24) is 10.3 Å². The van der Waals surface area contributed by atoms with Gasteiger partial charge in [0.2, 0.25) is 0 Å². The fourth-order valence-electron chi connectivity index (χ4n) is 3.05. The average molecular weight is 262 g/mol. The highest BCUT2D eigenvalue weighted by molar-refractivity contribution is 5.25. The predicted molar refractivity (Wildman–Crippen MR) is 72.9 cm³/mol. The van der Waals surface area contributed by atoms with E-state index in [1.165, 1.54) is 17.7 Å². The van der Waals surface area contributed by atoms with Gasteiger partial charge in [0.25, 0.3) is 0 Å². The highest BCUT2D eigenvalue weighted by Crippen LogP contribution is 2.29. The molecule has 1 fully saturated rings. The zero-order chi connectivity index (χ0) is 13.1. The minimum Gasteiger partial charge on any atom is -0.388 e. The Morgan fingerprint density at radius 3 is 3.11 bits per heavy atom. The number of ether oxygens (including phenoxy) is 1. The van der Waals surface area contributed by atoms with Crippen molar-refractivity contribution in [1.29, 1.82) is 0 Å². The number of pyridine rings is 1. The molecule has 1 saturated heterocycles. The first-order valence-electron chi connectivity index (χ1n) is 7.24. The number of fused-ring (bicyclic) bond motifs is 1. The summed E-state index contributed by atoms with van der Waals surface area (Å²) in [4.78, 5) is 4.52. The first-order valence-corrected chi connectivity index (χ1v) is 7.24. The van der Waals surface area contributed by atoms with Crippen molar-refractivity contribution < 1.29 is 9.84 Å². The second-order valence-corrected chi connectivity index (χ2v) is 5.71. The molecule has 1 aliphatic heterocycles. The van der Waals surface area contributed by atoms with E-state index in [9.17, 15) is 5.11 Å². The van der Waals surface area contributed by atoms with Crippen molar-refractivity contribution in [2.75, 3.05) is 19.8 Å². The molecule has 0 radical (unpaired) electrons. The van der Waals surface area contributed by atoms with E-state index in [0.29, 0.717) is 19.8 Å². The number of hydrogen-bond donors (Lipinski definition) is 2. The van der Waals surface area contributed by atoms with E-state index in [1.54, 1.807) is 0 Å². The van der Waals surface area contributed by atoms with Crippen LogP contribution >= 0.6 is 0 Å². The second kappa shape index (κ2) is 5.57. The van der Waals surface area contributed by atoms with E-state index in [1.807, 2.05) is 12.3 Å². The van der Waals surface area contributed by atoms with Crippen molar-refractivity contribution in [2.24, 2.45) is 0 Å². The third kappa shape index (κ3) is 2.96. The summed E-state index contributed by atoms with van der Waals surface area (Å²) in [6.07, 6.45) is 6.74. The number of nitrogens with zero attached hydrogens (tertiary/aromatic N) is 1. The quantitative estimate of drug-likeness (QED) is 0.868. The molecule has 2 aliphatic rings. The summed E-state index contributed by atoms with van der Waals surface area (Å²) >= 11 is 0. The Balaban J connectivity index is 1.64. The molecule has 4 nitrogen and oxygen atoms in total. The van der Waals surface area contributed by atoms with Gasteiger partial charge in [-0.2, -0.15) is 0 Å². The SMILES string of the molecule is OC1(CNC2CCCc3cccnc32)CCOCC1. The third-order valence-electron chi connectivity index (χ3n) is 4.30. The fraction of sp³-hybridized carbons (Fsp3) is 0.667. The molecule has 0 aromatic carbocycles. The zero-order valence-electron chi connectivity index (χ0n) is 11.3. The molecule has 1 atom stereocenters. The number of aliphatic hydroxyl groups is 1. The summed E-state index contributed by atoms with van der Waals surface area (Å²) in [6, 6.07) is 4.46. The minimum atomic E-state index is -0.607. The maximum Gasteiger partial charge on any atom is 0.0815 e.